The Morgan fingerprint density at radius 2 is 1.79 bits per heavy atom. The molecule has 1 aromatic rings. The molecule has 1 aromatic carbocycles. The minimum atomic E-state index is 0.0812. The third-order valence-corrected chi connectivity index (χ3v) is 5.20. The van der Waals surface area contributed by atoms with Gasteiger partial charge in [0, 0.05) is 24.0 Å². The van der Waals surface area contributed by atoms with Crippen LogP contribution in [0, 0.1) is 11.3 Å². The molecule has 2 atom stereocenters. The summed E-state index contributed by atoms with van der Waals surface area (Å²) in [7, 11) is 0. The largest absolute Gasteiger partial charge is 0.324 e. The van der Waals surface area contributed by atoms with Gasteiger partial charge in [-0.25, -0.2) is 5.84 Å². The average Bonchev–Trinajstić information content (AvgIpc) is 2.61. The zero-order valence-corrected chi connectivity index (χ0v) is 15.3. The van der Waals surface area contributed by atoms with Crippen LogP contribution in [0.5, 0.6) is 0 Å². The van der Waals surface area contributed by atoms with Crippen molar-refractivity contribution in [2.75, 3.05) is 13.1 Å². The highest BCUT2D eigenvalue weighted by molar-refractivity contribution is 5.81. The molecule has 2 unspecified atom stereocenters. The quantitative estimate of drug-likeness (QED) is 0.324. The zero-order valence-electron chi connectivity index (χ0n) is 15.3. The minimum Gasteiger partial charge on any atom is -0.324 e. The predicted octanol–water partition coefficient (Wildman–Crippen LogP) is 2.74. The molecule has 0 saturated carbocycles. The summed E-state index contributed by atoms with van der Waals surface area (Å²) in [6.45, 7) is 8.34. The van der Waals surface area contributed by atoms with Crippen LogP contribution in [0.25, 0.3) is 0 Å². The van der Waals surface area contributed by atoms with E-state index in [9.17, 15) is 0 Å². The molecule has 0 radical (unpaired) electrons. The number of hydrazine groups is 1. The van der Waals surface area contributed by atoms with E-state index in [1.165, 1.54) is 5.56 Å². The van der Waals surface area contributed by atoms with Crippen LogP contribution >= 0.6 is 0 Å². The number of nitrogens with one attached hydrogen (secondary N) is 1. The van der Waals surface area contributed by atoms with Gasteiger partial charge in [0.25, 0.3) is 0 Å². The lowest BCUT2D eigenvalue weighted by atomic mass is 9.92. The summed E-state index contributed by atoms with van der Waals surface area (Å²) in [6, 6.07) is 11.0. The van der Waals surface area contributed by atoms with Gasteiger partial charge in [-0.3, -0.25) is 10.4 Å². The summed E-state index contributed by atoms with van der Waals surface area (Å²) in [6.07, 6.45) is 2.97. The van der Waals surface area contributed by atoms with Crippen molar-refractivity contribution in [3.63, 3.8) is 0 Å². The topological polar surface area (TPSA) is 82.4 Å². The molecule has 134 valence electrons. The lowest BCUT2D eigenvalue weighted by molar-refractivity contribution is 0.142. The molecule has 24 heavy (non-hydrogen) atoms. The summed E-state index contributed by atoms with van der Waals surface area (Å²) in [4.78, 5) is 2.50. The summed E-state index contributed by atoms with van der Waals surface area (Å²) >= 11 is 0. The SMILES string of the molecule is CC(CC(N)c1ccccc1)N1CCC(C(=N)N(N)C(C)C)CC1. The summed E-state index contributed by atoms with van der Waals surface area (Å²) in [5, 5.41) is 9.89. The van der Waals surface area contributed by atoms with Gasteiger partial charge in [-0.15, -0.1) is 0 Å². The smallest absolute Gasteiger partial charge is 0.113 e. The maximum atomic E-state index is 8.28. The first-order valence-corrected chi connectivity index (χ1v) is 9.07. The number of hydrogen-bond donors (Lipinski definition) is 3. The molecule has 1 aliphatic heterocycles. The van der Waals surface area contributed by atoms with Crippen molar-refractivity contribution in [3.05, 3.63) is 35.9 Å². The van der Waals surface area contributed by atoms with E-state index in [0.717, 1.165) is 32.4 Å². The maximum Gasteiger partial charge on any atom is 0.113 e. The lowest BCUT2D eigenvalue weighted by Crippen LogP contribution is -2.49. The molecule has 0 spiro atoms. The average molecular weight is 332 g/mol. The molecule has 0 aliphatic carbocycles. The number of nitrogens with two attached hydrogens (primary N) is 2. The monoisotopic (exact) mass is 331 g/mol. The fraction of sp³-hybridized carbons (Fsp3) is 0.632. The van der Waals surface area contributed by atoms with Gasteiger partial charge >= 0.3 is 0 Å². The Morgan fingerprint density at radius 1 is 1.21 bits per heavy atom. The first-order chi connectivity index (χ1) is 11.4. The summed E-state index contributed by atoms with van der Waals surface area (Å²) in [5.41, 5.74) is 7.57. The molecule has 0 bridgehead atoms. The second-order valence-corrected chi connectivity index (χ2v) is 7.30. The molecule has 5 nitrogen and oxygen atoms in total. The van der Waals surface area contributed by atoms with Gasteiger partial charge in [0.1, 0.15) is 5.84 Å². The Bertz CT molecular complexity index is 508. The van der Waals surface area contributed by atoms with E-state index in [0.29, 0.717) is 11.9 Å². The number of piperidine rings is 1. The van der Waals surface area contributed by atoms with E-state index in [1.54, 1.807) is 5.01 Å². The second kappa shape index (κ2) is 8.60. The van der Waals surface area contributed by atoms with Gasteiger partial charge in [-0.1, -0.05) is 30.3 Å². The van der Waals surface area contributed by atoms with Crippen molar-refractivity contribution in [1.82, 2.24) is 9.91 Å². The summed E-state index contributed by atoms with van der Waals surface area (Å²) < 4.78 is 0. The fourth-order valence-electron chi connectivity index (χ4n) is 3.46. The highest BCUT2D eigenvalue weighted by atomic mass is 15.4. The second-order valence-electron chi connectivity index (χ2n) is 7.30. The van der Waals surface area contributed by atoms with E-state index in [2.05, 4.69) is 24.0 Å². The van der Waals surface area contributed by atoms with Crippen LogP contribution in [-0.2, 0) is 0 Å². The normalized spacial score (nSPS) is 19.2. The first kappa shape index (κ1) is 18.9. The van der Waals surface area contributed by atoms with Crippen LogP contribution < -0.4 is 11.6 Å². The highest BCUT2D eigenvalue weighted by Crippen LogP contribution is 2.24. The van der Waals surface area contributed by atoms with Crippen LogP contribution in [-0.4, -0.2) is 40.9 Å². The molecule has 1 heterocycles. The first-order valence-electron chi connectivity index (χ1n) is 9.07. The van der Waals surface area contributed by atoms with Crippen LogP contribution in [0.15, 0.2) is 30.3 Å². The number of hydrogen-bond acceptors (Lipinski definition) is 4. The van der Waals surface area contributed by atoms with Crippen LogP contribution in [0.2, 0.25) is 0 Å². The maximum absolute atomic E-state index is 8.28. The molecular formula is C19H33N5. The van der Waals surface area contributed by atoms with Crippen molar-refractivity contribution >= 4 is 5.84 Å². The Labute approximate surface area is 146 Å². The third kappa shape index (κ3) is 4.79. The van der Waals surface area contributed by atoms with E-state index >= 15 is 0 Å². The molecule has 1 fully saturated rings. The van der Waals surface area contributed by atoms with Gasteiger partial charge in [-0.05, 0) is 58.7 Å². The van der Waals surface area contributed by atoms with Gasteiger partial charge in [0.05, 0.1) is 0 Å². The number of nitrogens with zero attached hydrogens (tertiary/aromatic N) is 2. The lowest BCUT2D eigenvalue weighted by Gasteiger charge is -2.39. The predicted molar refractivity (Wildman–Crippen MR) is 101 cm³/mol. The van der Waals surface area contributed by atoms with E-state index in [1.807, 2.05) is 32.0 Å². The number of benzene rings is 1. The van der Waals surface area contributed by atoms with Gasteiger partial charge in [0.15, 0.2) is 0 Å². The van der Waals surface area contributed by atoms with E-state index in [4.69, 9.17) is 17.0 Å². The number of likely N-dealkylation sites (tertiary alicyclic amines) is 1. The van der Waals surface area contributed by atoms with E-state index in [-0.39, 0.29) is 18.0 Å². The highest BCUT2D eigenvalue weighted by Gasteiger charge is 2.28. The standard InChI is InChI=1S/C19H33N5/c1-14(2)24(22)19(21)17-9-11-23(12-10-17)15(3)13-18(20)16-7-5-4-6-8-16/h4-8,14-15,17-18,21H,9-13,20,22H2,1-3H3. The van der Waals surface area contributed by atoms with Crippen molar-refractivity contribution < 1.29 is 0 Å². The summed E-state index contributed by atoms with van der Waals surface area (Å²) in [5.74, 6) is 6.86. The zero-order chi connectivity index (χ0) is 17.7. The van der Waals surface area contributed by atoms with Crippen LogP contribution in [0.3, 0.4) is 0 Å². The van der Waals surface area contributed by atoms with Crippen molar-refractivity contribution in [2.45, 2.75) is 58.2 Å². The molecule has 5 N–H and O–H groups in total. The van der Waals surface area contributed by atoms with Crippen molar-refractivity contribution in [3.8, 4) is 0 Å². The number of amidine groups is 1. The number of rotatable bonds is 6. The third-order valence-electron chi connectivity index (χ3n) is 5.20. The van der Waals surface area contributed by atoms with Crippen molar-refractivity contribution in [1.29, 1.82) is 5.41 Å². The van der Waals surface area contributed by atoms with Gasteiger partial charge < -0.3 is 10.6 Å². The van der Waals surface area contributed by atoms with Gasteiger partial charge in [0.2, 0.25) is 0 Å². The Morgan fingerprint density at radius 3 is 2.33 bits per heavy atom. The molecule has 0 aromatic heterocycles. The molecule has 5 heteroatoms. The van der Waals surface area contributed by atoms with Gasteiger partial charge in [-0.2, -0.15) is 0 Å². The molecule has 0 amide bonds. The molecule has 1 aliphatic rings. The minimum absolute atomic E-state index is 0.0812. The Balaban J connectivity index is 1.82. The molecular weight excluding hydrogens is 298 g/mol. The van der Waals surface area contributed by atoms with Crippen LogP contribution in [0.1, 0.15) is 51.6 Å². The molecule has 2 rings (SSSR count). The van der Waals surface area contributed by atoms with Crippen LogP contribution in [0.4, 0.5) is 0 Å². The molecule has 1 saturated heterocycles. The Kier molecular flexibility index (Phi) is 6.78. The van der Waals surface area contributed by atoms with Crippen molar-refractivity contribution in [2.24, 2.45) is 17.5 Å². The fourth-order valence-corrected chi connectivity index (χ4v) is 3.46. The van der Waals surface area contributed by atoms with E-state index < -0.39 is 0 Å². The Hall–Kier alpha value is -1.43.